The maximum absolute atomic E-state index is 12.3. The Balaban J connectivity index is 1.97. The van der Waals surface area contributed by atoms with E-state index in [-0.39, 0.29) is 16.0 Å². The molecule has 0 saturated carbocycles. The van der Waals surface area contributed by atoms with Gasteiger partial charge >= 0.3 is 0 Å². The van der Waals surface area contributed by atoms with Crippen LogP contribution in [-0.2, 0) is 10.0 Å². The SMILES string of the molecule is O=S(=O)(Nc1nc(Cl)cc(-c2ccccc2)n1)c1ccccc1. The molecule has 0 spiro atoms. The Morgan fingerprint density at radius 2 is 1.48 bits per heavy atom. The van der Waals surface area contributed by atoms with Crippen molar-refractivity contribution in [1.82, 2.24) is 9.97 Å². The third kappa shape index (κ3) is 3.67. The Labute approximate surface area is 139 Å². The molecule has 0 aliphatic rings. The van der Waals surface area contributed by atoms with Gasteiger partial charge < -0.3 is 0 Å². The van der Waals surface area contributed by atoms with Crippen molar-refractivity contribution < 1.29 is 8.42 Å². The lowest BCUT2D eigenvalue weighted by Gasteiger charge is -2.08. The molecule has 7 heteroatoms. The van der Waals surface area contributed by atoms with Crippen molar-refractivity contribution in [2.24, 2.45) is 0 Å². The second-order valence-corrected chi connectivity index (χ2v) is 6.75. The first kappa shape index (κ1) is 15.5. The van der Waals surface area contributed by atoms with Gasteiger partial charge in [-0.2, -0.15) is 0 Å². The van der Waals surface area contributed by atoms with Crippen LogP contribution in [0.1, 0.15) is 0 Å². The highest BCUT2D eigenvalue weighted by Gasteiger charge is 2.16. The summed E-state index contributed by atoms with van der Waals surface area (Å²) in [7, 11) is -3.76. The maximum atomic E-state index is 12.3. The Hall–Kier alpha value is -2.44. The molecule has 2 aromatic carbocycles. The number of nitrogens with zero attached hydrogens (tertiary/aromatic N) is 2. The second kappa shape index (κ2) is 6.36. The van der Waals surface area contributed by atoms with Crippen LogP contribution in [0.25, 0.3) is 11.3 Å². The van der Waals surface area contributed by atoms with Gasteiger partial charge in [0.1, 0.15) is 5.15 Å². The second-order valence-electron chi connectivity index (χ2n) is 4.68. The van der Waals surface area contributed by atoms with Crippen molar-refractivity contribution in [3.8, 4) is 11.3 Å². The van der Waals surface area contributed by atoms with Gasteiger partial charge in [-0.25, -0.2) is 23.1 Å². The summed E-state index contributed by atoms with van der Waals surface area (Å²) in [6.07, 6.45) is 0. The van der Waals surface area contributed by atoms with Crippen molar-refractivity contribution in [3.05, 3.63) is 71.9 Å². The van der Waals surface area contributed by atoms with Crippen LogP contribution >= 0.6 is 11.6 Å². The van der Waals surface area contributed by atoms with Crippen LogP contribution in [0, 0.1) is 0 Å². The lowest BCUT2D eigenvalue weighted by molar-refractivity contribution is 0.601. The summed E-state index contributed by atoms with van der Waals surface area (Å²) in [6.45, 7) is 0. The lowest BCUT2D eigenvalue weighted by Crippen LogP contribution is -2.15. The van der Waals surface area contributed by atoms with Crippen LogP contribution in [0.4, 0.5) is 5.95 Å². The van der Waals surface area contributed by atoms with E-state index in [9.17, 15) is 8.42 Å². The van der Waals surface area contributed by atoms with Gasteiger partial charge in [-0.1, -0.05) is 60.1 Å². The number of anilines is 1. The van der Waals surface area contributed by atoms with E-state index < -0.39 is 10.0 Å². The monoisotopic (exact) mass is 345 g/mol. The zero-order valence-electron chi connectivity index (χ0n) is 11.8. The van der Waals surface area contributed by atoms with Gasteiger partial charge in [0.05, 0.1) is 10.6 Å². The average molecular weight is 346 g/mol. The van der Waals surface area contributed by atoms with E-state index in [4.69, 9.17) is 11.6 Å². The highest BCUT2D eigenvalue weighted by Crippen LogP contribution is 2.22. The van der Waals surface area contributed by atoms with Crippen molar-refractivity contribution in [3.63, 3.8) is 0 Å². The van der Waals surface area contributed by atoms with Gasteiger partial charge in [0.15, 0.2) is 0 Å². The minimum atomic E-state index is -3.76. The molecule has 0 radical (unpaired) electrons. The summed E-state index contributed by atoms with van der Waals surface area (Å²) in [5.74, 6) is -0.0693. The van der Waals surface area contributed by atoms with Gasteiger partial charge in [0, 0.05) is 11.6 Å². The first-order valence-corrected chi connectivity index (χ1v) is 8.58. The summed E-state index contributed by atoms with van der Waals surface area (Å²) in [6, 6.07) is 18.9. The molecule has 0 bridgehead atoms. The number of halogens is 1. The Morgan fingerprint density at radius 3 is 2.13 bits per heavy atom. The fraction of sp³-hybridized carbons (Fsp3) is 0. The van der Waals surface area contributed by atoms with Gasteiger partial charge in [-0.3, -0.25) is 0 Å². The Morgan fingerprint density at radius 1 is 0.870 bits per heavy atom. The largest absolute Gasteiger partial charge is 0.264 e. The number of nitrogens with one attached hydrogen (secondary N) is 1. The first-order valence-electron chi connectivity index (χ1n) is 6.72. The number of rotatable bonds is 4. The smallest absolute Gasteiger partial charge is 0.247 e. The molecule has 3 aromatic rings. The molecule has 0 amide bonds. The lowest BCUT2D eigenvalue weighted by atomic mass is 10.1. The van der Waals surface area contributed by atoms with E-state index in [1.807, 2.05) is 30.3 Å². The normalized spacial score (nSPS) is 11.2. The van der Waals surface area contributed by atoms with E-state index >= 15 is 0 Å². The van der Waals surface area contributed by atoms with E-state index in [0.717, 1.165) is 5.56 Å². The standard InChI is InChI=1S/C16H12ClN3O2S/c17-15-11-14(12-7-3-1-4-8-12)18-16(19-15)20-23(21,22)13-9-5-2-6-10-13/h1-11H,(H,18,19,20). The maximum Gasteiger partial charge on any atom is 0.264 e. The van der Waals surface area contributed by atoms with E-state index in [0.29, 0.717) is 5.69 Å². The molecule has 116 valence electrons. The number of aromatic nitrogens is 2. The molecule has 3 rings (SSSR count). The molecular formula is C16H12ClN3O2S. The minimum absolute atomic E-state index is 0.0693. The molecule has 23 heavy (non-hydrogen) atoms. The van der Waals surface area contributed by atoms with Crippen LogP contribution in [0.2, 0.25) is 5.15 Å². The van der Waals surface area contributed by atoms with Gasteiger partial charge in [0.25, 0.3) is 10.0 Å². The quantitative estimate of drug-likeness (QED) is 0.733. The highest BCUT2D eigenvalue weighted by atomic mass is 35.5. The van der Waals surface area contributed by atoms with Gasteiger partial charge in [-0.15, -0.1) is 0 Å². The summed E-state index contributed by atoms with van der Waals surface area (Å²) >= 11 is 5.99. The summed E-state index contributed by atoms with van der Waals surface area (Å²) in [5, 5.41) is 0.157. The third-order valence-electron chi connectivity index (χ3n) is 3.04. The molecular weight excluding hydrogens is 334 g/mol. The number of benzene rings is 2. The predicted octanol–water partition coefficient (Wildman–Crippen LogP) is 3.60. The summed E-state index contributed by atoms with van der Waals surface area (Å²) in [4.78, 5) is 8.29. The fourth-order valence-electron chi connectivity index (χ4n) is 2.00. The van der Waals surface area contributed by atoms with Crippen molar-refractivity contribution in [2.45, 2.75) is 4.90 Å². The van der Waals surface area contributed by atoms with Crippen LogP contribution in [-0.4, -0.2) is 18.4 Å². The van der Waals surface area contributed by atoms with Crippen molar-refractivity contribution in [1.29, 1.82) is 0 Å². The van der Waals surface area contributed by atoms with Crippen LogP contribution in [0.15, 0.2) is 71.6 Å². The zero-order chi connectivity index (χ0) is 16.3. The van der Waals surface area contributed by atoms with Crippen LogP contribution in [0.3, 0.4) is 0 Å². The van der Waals surface area contributed by atoms with Gasteiger partial charge in [0.2, 0.25) is 5.95 Å². The Kier molecular flexibility index (Phi) is 4.27. The number of sulfonamides is 1. The number of hydrogen-bond donors (Lipinski definition) is 1. The molecule has 1 aromatic heterocycles. The van der Waals surface area contributed by atoms with E-state index in [1.54, 1.807) is 24.3 Å². The molecule has 0 unspecified atom stereocenters. The van der Waals surface area contributed by atoms with Crippen LogP contribution in [0.5, 0.6) is 0 Å². The third-order valence-corrected chi connectivity index (χ3v) is 4.58. The van der Waals surface area contributed by atoms with Crippen molar-refractivity contribution in [2.75, 3.05) is 4.72 Å². The van der Waals surface area contributed by atoms with E-state index in [2.05, 4.69) is 14.7 Å². The molecule has 0 aliphatic heterocycles. The molecule has 0 saturated heterocycles. The minimum Gasteiger partial charge on any atom is -0.247 e. The molecule has 0 aliphatic carbocycles. The zero-order valence-corrected chi connectivity index (χ0v) is 13.4. The molecule has 1 N–H and O–H groups in total. The molecule has 0 fully saturated rings. The van der Waals surface area contributed by atoms with Gasteiger partial charge in [-0.05, 0) is 12.1 Å². The first-order chi connectivity index (χ1) is 11.0. The average Bonchev–Trinajstić information content (AvgIpc) is 2.55. The summed E-state index contributed by atoms with van der Waals surface area (Å²) < 4.78 is 27.0. The highest BCUT2D eigenvalue weighted by molar-refractivity contribution is 7.92. The molecule has 1 heterocycles. The molecule has 0 atom stereocenters. The fourth-order valence-corrected chi connectivity index (χ4v) is 3.15. The number of hydrogen-bond acceptors (Lipinski definition) is 4. The van der Waals surface area contributed by atoms with Crippen molar-refractivity contribution >= 4 is 27.6 Å². The Bertz CT molecular complexity index is 917. The predicted molar refractivity (Wildman–Crippen MR) is 89.7 cm³/mol. The van der Waals surface area contributed by atoms with Crippen LogP contribution < -0.4 is 4.72 Å². The summed E-state index contributed by atoms with van der Waals surface area (Å²) in [5.41, 5.74) is 1.35. The van der Waals surface area contributed by atoms with E-state index in [1.165, 1.54) is 12.1 Å². The molecule has 5 nitrogen and oxygen atoms in total. The topological polar surface area (TPSA) is 72.0 Å².